The predicted molar refractivity (Wildman–Crippen MR) is 75.8 cm³/mol. The summed E-state index contributed by atoms with van der Waals surface area (Å²) in [6.07, 6.45) is 0.0374. The van der Waals surface area contributed by atoms with Gasteiger partial charge in [0.2, 0.25) is 5.91 Å². The predicted octanol–water partition coefficient (Wildman–Crippen LogP) is 1.49. The second kappa shape index (κ2) is 6.42. The molecular weight excluding hydrogens is 297 g/mol. The molecule has 0 bridgehead atoms. The Balaban J connectivity index is 1.99. The topological polar surface area (TPSA) is 105 Å². The zero-order chi connectivity index (χ0) is 15.4. The first kappa shape index (κ1) is 15.1. The van der Waals surface area contributed by atoms with Crippen molar-refractivity contribution in [3.63, 3.8) is 0 Å². The lowest BCUT2D eigenvalue weighted by Crippen LogP contribution is -2.37. The maximum Gasteiger partial charge on any atom is 0.355 e. The molecule has 1 amide bonds. The molecule has 0 spiro atoms. The van der Waals surface area contributed by atoms with Crippen molar-refractivity contribution in [3.05, 3.63) is 46.7 Å². The molecule has 1 aromatic carbocycles. The number of aromatic nitrogens is 1. The van der Waals surface area contributed by atoms with E-state index in [0.717, 1.165) is 11.3 Å². The van der Waals surface area contributed by atoms with Crippen LogP contribution in [-0.2, 0) is 11.2 Å². The molecule has 2 rings (SSSR count). The maximum absolute atomic E-state index is 13.5. The van der Waals surface area contributed by atoms with Crippen molar-refractivity contribution < 1.29 is 19.1 Å². The quantitative estimate of drug-likeness (QED) is 0.776. The molecule has 0 unspecified atom stereocenters. The highest BCUT2D eigenvalue weighted by molar-refractivity contribution is 7.14. The number of thiazole rings is 1. The molecule has 0 radical (unpaired) electrons. The summed E-state index contributed by atoms with van der Waals surface area (Å²) < 4.78 is 13.5. The second-order valence-corrected chi connectivity index (χ2v) is 5.09. The minimum Gasteiger partial charge on any atom is -0.476 e. The van der Waals surface area contributed by atoms with Gasteiger partial charge in [0.25, 0.3) is 0 Å². The van der Waals surface area contributed by atoms with E-state index in [-0.39, 0.29) is 17.2 Å². The first-order valence-electron chi connectivity index (χ1n) is 5.96. The van der Waals surface area contributed by atoms with Crippen molar-refractivity contribution in [2.24, 2.45) is 5.73 Å². The Morgan fingerprint density at radius 1 is 1.43 bits per heavy atom. The number of nitrogens with zero attached hydrogens (tertiary/aromatic N) is 1. The molecule has 0 fully saturated rings. The highest BCUT2D eigenvalue weighted by Gasteiger charge is 2.18. The van der Waals surface area contributed by atoms with E-state index in [4.69, 9.17) is 10.8 Å². The van der Waals surface area contributed by atoms with E-state index in [0.29, 0.717) is 5.56 Å². The number of halogens is 1. The van der Waals surface area contributed by atoms with Gasteiger partial charge in [0.15, 0.2) is 10.8 Å². The minimum atomic E-state index is -1.18. The van der Waals surface area contributed by atoms with Gasteiger partial charge in [-0.05, 0) is 18.1 Å². The number of nitrogens with two attached hydrogens (primary N) is 1. The first-order chi connectivity index (χ1) is 9.97. The van der Waals surface area contributed by atoms with Crippen LogP contribution < -0.4 is 11.1 Å². The number of carboxylic acid groups (broad SMARTS) is 1. The standard InChI is InChI=1S/C13H12FN3O3S/c14-8-4-2-1-3-7(8)5-9(15)11(18)17-13-16-10(6-21-13)12(19)20/h1-4,6,9H,5,15H2,(H,19,20)(H,16,17,18)/t9-/m0/s1. The Hall–Kier alpha value is -2.32. The molecular formula is C13H12FN3O3S. The van der Waals surface area contributed by atoms with Crippen LogP contribution in [0.3, 0.4) is 0 Å². The van der Waals surface area contributed by atoms with E-state index in [9.17, 15) is 14.0 Å². The van der Waals surface area contributed by atoms with E-state index in [1.807, 2.05) is 0 Å². The molecule has 21 heavy (non-hydrogen) atoms. The fraction of sp³-hybridized carbons (Fsp3) is 0.154. The van der Waals surface area contributed by atoms with Crippen LogP contribution >= 0.6 is 11.3 Å². The summed E-state index contributed by atoms with van der Waals surface area (Å²) in [5.74, 6) is -2.16. The Kier molecular flexibility index (Phi) is 4.61. The van der Waals surface area contributed by atoms with Crippen LogP contribution in [-0.4, -0.2) is 28.0 Å². The molecule has 0 aliphatic heterocycles. The number of aromatic carboxylic acids is 1. The lowest BCUT2D eigenvalue weighted by molar-refractivity contribution is -0.117. The van der Waals surface area contributed by atoms with Gasteiger partial charge in [-0.15, -0.1) is 11.3 Å². The van der Waals surface area contributed by atoms with E-state index >= 15 is 0 Å². The molecule has 0 saturated heterocycles. The number of anilines is 1. The molecule has 1 heterocycles. The van der Waals surface area contributed by atoms with Gasteiger partial charge in [0, 0.05) is 5.38 Å². The highest BCUT2D eigenvalue weighted by atomic mass is 32.1. The van der Waals surface area contributed by atoms with Crippen molar-refractivity contribution in [1.82, 2.24) is 4.98 Å². The van der Waals surface area contributed by atoms with Gasteiger partial charge in [0.1, 0.15) is 5.82 Å². The van der Waals surface area contributed by atoms with Gasteiger partial charge >= 0.3 is 5.97 Å². The van der Waals surface area contributed by atoms with Crippen LogP contribution in [0.25, 0.3) is 0 Å². The summed E-state index contributed by atoms with van der Waals surface area (Å²) in [7, 11) is 0. The van der Waals surface area contributed by atoms with Crippen LogP contribution in [0.15, 0.2) is 29.6 Å². The molecule has 0 aliphatic carbocycles. The molecule has 0 saturated carbocycles. The first-order valence-corrected chi connectivity index (χ1v) is 6.84. The van der Waals surface area contributed by atoms with Gasteiger partial charge in [-0.25, -0.2) is 14.2 Å². The van der Waals surface area contributed by atoms with E-state index < -0.39 is 23.7 Å². The van der Waals surface area contributed by atoms with Gasteiger partial charge in [-0.1, -0.05) is 18.2 Å². The summed E-state index contributed by atoms with van der Waals surface area (Å²) in [5.41, 5.74) is 5.90. The highest BCUT2D eigenvalue weighted by Crippen LogP contribution is 2.16. The van der Waals surface area contributed by atoms with Crippen LogP contribution in [0.2, 0.25) is 0 Å². The lowest BCUT2D eigenvalue weighted by atomic mass is 10.1. The molecule has 1 aromatic heterocycles. The monoisotopic (exact) mass is 309 g/mol. The average Bonchev–Trinajstić information content (AvgIpc) is 2.90. The number of hydrogen-bond donors (Lipinski definition) is 3. The van der Waals surface area contributed by atoms with Crippen molar-refractivity contribution in [1.29, 1.82) is 0 Å². The van der Waals surface area contributed by atoms with Crippen LogP contribution in [0, 0.1) is 5.82 Å². The van der Waals surface area contributed by atoms with E-state index in [2.05, 4.69) is 10.3 Å². The van der Waals surface area contributed by atoms with Crippen LogP contribution in [0.4, 0.5) is 9.52 Å². The molecule has 0 aliphatic rings. The SMILES string of the molecule is N[C@@H](Cc1ccccc1F)C(=O)Nc1nc(C(=O)O)cs1. The molecule has 1 atom stereocenters. The van der Waals surface area contributed by atoms with Gasteiger partial charge in [-0.3, -0.25) is 4.79 Å². The largest absolute Gasteiger partial charge is 0.476 e. The third kappa shape index (κ3) is 3.83. The third-order valence-corrected chi connectivity index (χ3v) is 3.45. The smallest absolute Gasteiger partial charge is 0.355 e. The number of benzene rings is 1. The number of carbonyl (C=O) groups is 2. The maximum atomic E-state index is 13.5. The van der Waals surface area contributed by atoms with Gasteiger partial charge in [0.05, 0.1) is 6.04 Å². The van der Waals surface area contributed by atoms with Crippen molar-refractivity contribution in [3.8, 4) is 0 Å². The molecule has 8 heteroatoms. The summed E-state index contributed by atoms with van der Waals surface area (Å²) in [4.78, 5) is 26.3. The summed E-state index contributed by atoms with van der Waals surface area (Å²) in [5, 5.41) is 12.6. The Morgan fingerprint density at radius 3 is 2.76 bits per heavy atom. The van der Waals surface area contributed by atoms with Crippen LogP contribution in [0.1, 0.15) is 16.1 Å². The Bertz CT molecular complexity index is 674. The number of carboxylic acids is 1. The molecule has 2 aromatic rings. The van der Waals surface area contributed by atoms with Gasteiger partial charge < -0.3 is 16.2 Å². The third-order valence-electron chi connectivity index (χ3n) is 2.69. The molecule has 4 N–H and O–H groups in total. The number of carbonyl (C=O) groups excluding carboxylic acids is 1. The average molecular weight is 309 g/mol. The van der Waals surface area contributed by atoms with Crippen molar-refractivity contribution in [2.45, 2.75) is 12.5 Å². The number of rotatable bonds is 5. The fourth-order valence-corrected chi connectivity index (χ4v) is 2.31. The number of hydrogen-bond acceptors (Lipinski definition) is 5. The number of amides is 1. The number of nitrogens with one attached hydrogen (secondary N) is 1. The zero-order valence-electron chi connectivity index (χ0n) is 10.7. The normalized spacial score (nSPS) is 11.9. The summed E-state index contributed by atoms with van der Waals surface area (Å²) in [6, 6.07) is 5.09. The Morgan fingerprint density at radius 2 is 2.14 bits per heavy atom. The zero-order valence-corrected chi connectivity index (χ0v) is 11.6. The summed E-state index contributed by atoms with van der Waals surface area (Å²) in [6.45, 7) is 0. The Labute approximate surface area is 123 Å². The van der Waals surface area contributed by atoms with E-state index in [1.165, 1.54) is 11.4 Å². The van der Waals surface area contributed by atoms with E-state index in [1.54, 1.807) is 18.2 Å². The lowest BCUT2D eigenvalue weighted by Gasteiger charge is -2.11. The van der Waals surface area contributed by atoms with Crippen molar-refractivity contribution >= 4 is 28.3 Å². The minimum absolute atomic E-state index is 0.0374. The fourth-order valence-electron chi connectivity index (χ4n) is 1.62. The summed E-state index contributed by atoms with van der Waals surface area (Å²) >= 11 is 0.980. The van der Waals surface area contributed by atoms with Crippen molar-refractivity contribution in [2.75, 3.05) is 5.32 Å². The van der Waals surface area contributed by atoms with Crippen LogP contribution in [0.5, 0.6) is 0 Å². The molecule has 110 valence electrons. The second-order valence-electron chi connectivity index (χ2n) is 4.23. The van der Waals surface area contributed by atoms with Gasteiger partial charge in [-0.2, -0.15) is 0 Å². The molecule has 6 nitrogen and oxygen atoms in total.